The van der Waals surface area contributed by atoms with E-state index >= 15 is 0 Å². The molecule has 0 radical (unpaired) electrons. The van der Waals surface area contributed by atoms with Gasteiger partial charge in [0.05, 0.1) is 6.04 Å². The highest BCUT2D eigenvalue weighted by atomic mass is 16.6. The Balaban J connectivity index is 1.50. The van der Waals surface area contributed by atoms with E-state index in [4.69, 9.17) is 9.47 Å². The molecule has 0 aliphatic carbocycles. The van der Waals surface area contributed by atoms with E-state index in [0.29, 0.717) is 18.9 Å². The zero-order valence-corrected chi connectivity index (χ0v) is 13.0. The fourth-order valence-electron chi connectivity index (χ4n) is 3.45. The second-order valence-electron chi connectivity index (χ2n) is 5.97. The number of rotatable bonds is 2. The van der Waals surface area contributed by atoms with E-state index in [1.165, 1.54) is 10.2 Å². The maximum Gasteiger partial charge on any atom is 0.200 e. The molecule has 0 amide bonds. The number of fused-ring (bicyclic) bond motifs is 2. The lowest BCUT2D eigenvalue weighted by Crippen LogP contribution is -2.24. The van der Waals surface area contributed by atoms with E-state index in [1.807, 2.05) is 18.2 Å². The monoisotopic (exact) mass is 324 g/mol. The highest BCUT2D eigenvalue weighted by molar-refractivity contribution is 5.50. The van der Waals surface area contributed by atoms with Crippen LogP contribution in [0.5, 0.6) is 11.5 Å². The molecule has 0 bridgehead atoms. The highest BCUT2D eigenvalue weighted by Crippen LogP contribution is 2.39. The molecule has 8 heteroatoms. The van der Waals surface area contributed by atoms with Gasteiger partial charge in [-0.1, -0.05) is 6.07 Å². The maximum atomic E-state index is 5.72. The number of nitrogens with zero attached hydrogens (tertiary/aromatic N) is 6. The summed E-state index contributed by atoms with van der Waals surface area (Å²) < 4.78 is 12.8. The topological polar surface area (TPSA) is 77.7 Å². The standard InChI is InChI=1S/C16H16N6O2/c1-2-12(11-3-4-13-14(10-11)24-9-8-23-13)21(7-1)16-6-5-15-17-19-20-22(15)18-16/h3-6,10,12H,1-2,7-9H2. The molecule has 3 aromatic rings. The molecule has 1 atom stereocenters. The minimum atomic E-state index is 0.266. The van der Waals surface area contributed by atoms with Crippen LogP contribution in [-0.4, -0.2) is 45.0 Å². The molecule has 4 heterocycles. The molecule has 1 fully saturated rings. The summed E-state index contributed by atoms with van der Waals surface area (Å²) >= 11 is 0. The first-order chi connectivity index (χ1) is 11.9. The van der Waals surface area contributed by atoms with Crippen molar-refractivity contribution in [1.29, 1.82) is 0 Å². The quantitative estimate of drug-likeness (QED) is 0.709. The third-order valence-electron chi connectivity index (χ3n) is 4.55. The molecule has 24 heavy (non-hydrogen) atoms. The summed E-state index contributed by atoms with van der Waals surface area (Å²) in [5, 5.41) is 16.0. The van der Waals surface area contributed by atoms with Crippen molar-refractivity contribution in [2.75, 3.05) is 24.7 Å². The summed E-state index contributed by atoms with van der Waals surface area (Å²) in [7, 11) is 0. The minimum absolute atomic E-state index is 0.266. The van der Waals surface area contributed by atoms with Crippen molar-refractivity contribution >= 4 is 11.5 Å². The number of ether oxygens (including phenoxy) is 2. The molecule has 8 nitrogen and oxygen atoms in total. The summed E-state index contributed by atoms with van der Waals surface area (Å²) in [6.45, 7) is 2.17. The molecular weight excluding hydrogens is 308 g/mol. The summed E-state index contributed by atoms with van der Waals surface area (Å²) in [5.74, 6) is 2.53. The summed E-state index contributed by atoms with van der Waals surface area (Å²) in [6.07, 6.45) is 2.20. The molecule has 2 aliphatic heterocycles. The smallest absolute Gasteiger partial charge is 0.200 e. The second kappa shape index (κ2) is 5.33. The molecule has 122 valence electrons. The first-order valence-electron chi connectivity index (χ1n) is 8.10. The van der Waals surface area contributed by atoms with Gasteiger partial charge in [0.1, 0.15) is 13.2 Å². The van der Waals surface area contributed by atoms with E-state index in [-0.39, 0.29) is 6.04 Å². The van der Waals surface area contributed by atoms with Crippen molar-refractivity contribution < 1.29 is 9.47 Å². The minimum Gasteiger partial charge on any atom is -0.486 e. The van der Waals surface area contributed by atoms with Crippen molar-refractivity contribution in [3.05, 3.63) is 35.9 Å². The van der Waals surface area contributed by atoms with E-state index in [0.717, 1.165) is 36.7 Å². The third-order valence-corrected chi connectivity index (χ3v) is 4.55. The lowest BCUT2D eigenvalue weighted by atomic mass is 10.0. The average Bonchev–Trinajstić information content (AvgIpc) is 3.29. The number of hydrogen-bond donors (Lipinski definition) is 0. The molecule has 2 aliphatic rings. The van der Waals surface area contributed by atoms with Crippen LogP contribution in [0, 0.1) is 0 Å². The first kappa shape index (κ1) is 13.5. The fourth-order valence-corrected chi connectivity index (χ4v) is 3.45. The Kier molecular flexibility index (Phi) is 3.00. The maximum absolute atomic E-state index is 5.72. The van der Waals surface area contributed by atoms with Crippen LogP contribution in [0.15, 0.2) is 30.3 Å². The average molecular weight is 324 g/mol. The van der Waals surface area contributed by atoms with Gasteiger partial charge in [-0.05, 0) is 53.1 Å². The Morgan fingerprint density at radius 1 is 1.04 bits per heavy atom. The predicted molar refractivity (Wildman–Crippen MR) is 85.3 cm³/mol. The Bertz CT molecular complexity index is 895. The van der Waals surface area contributed by atoms with Gasteiger partial charge in [0, 0.05) is 6.54 Å². The number of tetrazole rings is 1. The summed E-state index contributed by atoms with van der Waals surface area (Å²) in [5.41, 5.74) is 1.86. The van der Waals surface area contributed by atoms with Gasteiger partial charge >= 0.3 is 0 Å². The van der Waals surface area contributed by atoms with Gasteiger partial charge in [-0.2, -0.15) is 0 Å². The van der Waals surface area contributed by atoms with Gasteiger partial charge in [-0.15, -0.1) is 14.8 Å². The second-order valence-corrected chi connectivity index (χ2v) is 5.97. The summed E-state index contributed by atoms with van der Waals surface area (Å²) in [4.78, 5) is 2.30. The van der Waals surface area contributed by atoms with Gasteiger partial charge in [0.25, 0.3) is 0 Å². The normalized spacial score (nSPS) is 19.8. The van der Waals surface area contributed by atoms with E-state index in [9.17, 15) is 0 Å². The van der Waals surface area contributed by atoms with Gasteiger partial charge in [-0.3, -0.25) is 0 Å². The van der Waals surface area contributed by atoms with E-state index < -0.39 is 0 Å². The molecule has 0 saturated carbocycles. The van der Waals surface area contributed by atoms with Crippen LogP contribution < -0.4 is 14.4 Å². The molecule has 5 rings (SSSR count). The Hall–Kier alpha value is -2.90. The predicted octanol–water partition coefficient (Wildman–Crippen LogP) is 1.63. The van der Waals surface area contributed by atoms with Crippen molar-refractivity contribution in [1.82, 2.24) is 25.3 Å². The first-order valence-corrected chi connectivity index (χ1v) is 8.10. The SMILES string of the molecule is c1cc2c(cc1C1CCCN1c1ccc3nnnn3n1)OCCO2. The molecule has 0 spiro atoms. The van der Waals surface area contributed by atoms with Crippen molar-refractivity contribution in [2.24, 2.45) is 0 Å². The number of hydrogen-bond acceptors (Lipinski definition) is 7. The Morgan fingerprint density at radius 2 is 1.96 bits per heavy atom. The lowest BCUT2D eigenvalue weighted by molar-refractivity contribution is 0.171. The zero-order valence-electron chi connectivity index (χ0n) is 13.0. The highest BCUT2D eigenvalue weighted by Gasteiger charge is 2.28. The van der Waals surface area contributed by atoms with Crippen LogP contribution >= 0.6 is 0 Å². The summed E-state index contributed by atoms with van der Waals surface area (Å²) in [6, 6.07) is 10.3. The lowest BCUT2D eigenvalue weighted by Gasteiger charge is -2.27. The van der Waals surface area contributed by atoms with E-state index in [1.54, 1.807) is 0 Å². The van der Waals surface area contributed by atoms with Gasteiger partial charge < -0.3 is 14.4 Å². The van der Waals surface area contributed by atoms with Crippen LogP contribution in [0.4, 0.5) is 5.82 Å². The Labute approximate surface area is 138 Å². The molecule has 0 N–H and O–H groups in total. The zero-order chi connectivity index (χ0) is 15.9. The van der Waals surface area contributed by atoms with Crippen LogP contribution in [-0.2, 0) is 0 Å². The Morgan fingerprint density at radius 3 is 2.92 bits per heavy atom. The van der Waals surface area contributed by atoms with Gasteiger partial charge in [0.2, 0.25) is 0 Å². The van der Waals surface area contributed by atoms with E-state index in [2.05, 4.69) is 37.7 Å². The molecule has 2 aromatic heterocycles. The van der Waals surface area contributed by atoms with Gasteiger partial charge in [0.15, 0.2) is 23.0 Å². The number of anilines is 1. The largest absolute Gasteiger partial charge is 0.486 e. The van der Waals surface area contributed by atoms with Crippen molar-refractivity contribution in [2.45, 2.75) is 18.9 Å². The number of benzene rings is 1. The molecule has 1 aromatic carbocycles. The fraction of sp³-hybridized carbons (Fsp3) is 0.375. The number of aromatic nitrogens is 5. The van der Waals surface area contributed by atoms with Gasteiger partial charge in [-0.25, -0.2) is 0 Å². The van der Waals surface area contributed by atoms with Crippen LogP contribution in [0.3, 0.4) is 0 Å². The van der Waals surface area contributed by atoms with Crippen LogP contribution in [0.25, 0.3) is 5.65 Å². The van der Waals surface area contributed by atoms with Crippen molar-refractivity contribution in [3.63, 3.8) is 0 Å². The van der Waals surface area contributed by atoms with Crippen LogP contribution in [0.2, 0.25) is 0 Å². The van der Waals surface area contributed by atoms with Crippen molar-refractivity contribution in [3.8, 4) is 11.5 Å². The van der Waals surface area contributed by atoms with Crippen LogP contribution in [0.1, 0.15) is 24.4 Å². The molecule has 1 saturated heterocycles. The molecular formula is C16H16N6O2. The third kappa shape index (κ3) is 2.14. The molecule has 1 unspecified atom stereocenters.